The number of allylic oxidation sites excluding steroid dienone is 1. The fourth-order valence-electron chi connectivity index (χ4n) is 1.08. The van der Waals surface area contributed by atoms with Crippen LogP contribution in [0, 0.1) is 13.8 Å². The van der Waals surface area contributed by atoms with Gasteiger partial charge in [0.15, 0.2) is 0 Å². The first-order chi connectivity index (χ1) is 5.75. The van der Waals surface area contributed by atoms with Crippen molar-refractivity contribution in [3.05, 3.63) is 35.9 Å². The van der Waals surface area contributed by atoms with E-state index in [2.05, 4.69) is 23.5 Å². The van der Waals surface area contributed by atoms with Crippen molar-refractivity contribution in [1.82, 2.24) is 9.97 Å². The van der Waals surface area contributed by atoms with E-state index < -0.39 is 0 Å². The highest BCUT2D eigenvalue weighted by Crippen LogP contribution is 2.08. The van der Waals surface area contributed by atoms with E-state index in [1.807, 2.05) is 13.0 Å². The van der Waals surface area contributed by atoms with Gasteiger partial charge in [0, 0.05) is 11.4 Å². The molecule has 0 atom stereocenters. The molecule has 64 valence electrons. The van der Waals surface area contributed by atoms with Crippen molar-refractivity contribution in [2.45, 2.75) is 26.7 Å². The van der Waals surface area contributed by atoms with Crippen LogP contribution in [-0.4, -0.2) is 9.97 Å². The van der Waals surface area contributed by atoms with Crippen LogP contribution in [-0.2, 0) is 6.42 Å². The molecule has 0 unspecified atom stereocenters. The van der Waals surface area contributed by atoms with Crippen molar-refractivity contribution in [2.75, 3.05) is 0 Å². The van der Waals surface area contributed by atoms with Gasteiger partial charge < -0.3 is 0 Å². The molecule has 1 aromatic rings. The summed E-state index contributed by atoms with van der Waals surface area (Å²) in [6.45, 7) is 7.76. The van der Waals surface area contributed by atoms with E-state index in [0.717, 1.165) is 24.2 Å². The van der Waals surface area contributed by atoms with Gasteiger partial charge in [-0.05, 0) is 32.3 Å². The van der Waals surface area contributed by atoms with Crippen LogP contribution >= 0.6 is 0 Å². The van der Waals surface area contributed by atoms with Crippen LogP contribution in [0.2, 0.25) is 0 Å². The molecular weight excluding hydrogens is 148 g/mol. The Labute approximate surface area is 73.4 Å². The van der Waals surface area contributed by atoms with Crippen LogP contribution in [0.1, 0.15) is 23.4 Å². The third-order valence-corrected chi connectivity index (χ3v) is 2.03. The number of hydrogen-bond donors (Lipinski definition) is 0. The molecule has 2 nitrogen and oxygen atoms in total. The summed E-state index contributed by atoms with van der Waals surface area (Å²) < 4.78 is 0. The summed E-state index contributed by atoms with van der Waals surface area (Å²) in [6, 6.07) is 0. The Morgan fingerprint density at radius 3 is 2.83 bits per heavy atom. The van der Waals surface area contributed by atoms with Crippen LogP contribution in [0.4, 0.5) is 0 Å². The molecule has 2 heteroatoms. The highest BCUT2D eigenvalue weighted by atomic mass is 14.8. The highest BCUT2D eigenvalue weighted by molar-refractivity contribution is 5.21. The maximum absolute atomic E-state index is 4.22. The second-order valence-corrected chi connectivity index (χ2v) is 2.86. The first kappa shape index (κ1) is 8.91. The lowest BCUT2D eigenvalue weighted by Gasteiger charge is -2.03. The van der Waals surface area contributed by atoms with E-state index in [1.165, 1.54) is 5.56 Å². The maximum atomic E-state index is 4.22. The quantitative estimate of drug-likeness (QED) is 0.637. The van der Waals surface area contributed by atoms with Gasteiger partial charge in [-0.3, -0.25) is 0 Å². The number of rotatable bonds is 3. The van der Waals surface area contributed by atoms with Gasteiger partial charge in [-0.1, -0.05) is 6.08 Å². The lowest BCUT2D eigenvalue weighted by molar-refractivity contribution is 0.893. The Hall–Kier alpha value is -1.18. The van der Waals surface area contributed by atoms with Crippen molar-refractivity contribution >= 4 is 0 Å². The van der Waals surface area contributed by atoms with E-state index in [1.54, 1.807) is 6.33 Å². The molecule has 0 saturated heterocycles. The minimum atomic E-state index is 0.971. The number of hydrogen-bond acceptors (Lipinski definition) is 2. The summed E-state index contributed by atoms with van der Waals surface area (Å²) in [4.78, 5) is 8.33. The van der Waals surface area contributed by atoms with Crippen molar-refractivity contribution in [3.8, 4) is 0 Å². The SMILES string of the molecule is C=CCCc1ncnc(C)c1C. The van der Waals surface area contributed by atoms with E-state index in [4.69, 9.17) is 0 Å². The van der Waals surface area contributed by atoms with Crippen LogP contribution in [0.3, 0.4) is 0 Å². The van der Waals surface area contributed by atoms with Gasteiger partial charge in [-0.15, -0.1) is 6.58 Å². The lowest BCUT2D eigenvalue weighted by atomic mass is 10.1. The predicted octanol–water partition coefficient (Wildman–Crippen LogP) is 2.21. The van der Waals surface area contributed by atoms with E-state index >= 15 is 0 Å². The minimum absolute atomic E-state index is 0.971. The van der Waals surface area contributed by atoms with Gasteiger partial charge in [-0.2, -0.15) is 0 Å². The fourth-order valence-corrected chi connectivity index (χ4v) is 1.08. The zero-order valence-electron chi connectivity index (χ0n) is 7.67. The molecule has 1 aromatic heterocycles. The molecule has 1 rings (SSSR count). The Kier molecular flexibility index (Phi) is 2.97. The largest absolute Gasteiger partial charge is 0.241 e. The number of aromatic nitrogens is 2. The predicted molar refractivity (Wildman–Crippen MR) is 50.0 cm³/mol. The second kappa shape index (κ2) is 4.00. The Morgan fingerprint density at radius 2 is 2.17 bits per heavy atom. The van der Waals surface area contributed by atoms with Crippen molar-refractivity contribution < 1.29 is 0 Å². The van der Waals surface area contributed by atoms with Crippen molar-refractivity contribution in [3.63, 3.8) is 0 Å². The molecule has 12 heavy (non-hydrogen) atoms. The van der Waals surface area contributed by atoms with Crippen LogP contribution in [0.25, 0.3) is 0 Å². The van der Waals surface area contributed by atoms with Crippen molar-refractivity contribution in [2.24, 2.45) is 0 Å². The van der Waals surface area contributed by atoms with E-state index in [-0.39, 0.29) is 0 Å². The molecule has 0 spiro atoms. The first-order valence-corrected chi connectivity index (χ1v) is 4.13. The van der Waals surface area contributed by atoms with Gasteiger partial charge in [0.25, 0.3) is 0 Å². The molecule has 0 bridgehead atoms. The summed E-state index contributed by atoms with van der Waals surface area (Å²) in [7, 11) is 0. The minimum Gasteiger partial charge on any atom is -0.241 e. The third kappa shape index (κ3) is 1.91. The van der Waals surface area contributed by atoms with Crippen LogP contribution < -0.4 is 0 Å². The van der Waals surface area contributed by atoms with E-state index in [0.29, 0.717) is 0 Å². The van der Waals surface area contributed by atoms with Gasteiger partial charge in [0.2, 0.25) is 0 Å². The first-order valence-electron chi connectivity index (χ1n) is 4.13. The fraction of sp³-hybridized carbons (Fsp3) is 0.400. The van der Waals surface area contributed by atoms with Crippen LogP contribution in [0.5, 0.6) is 0 Å². The lowest BCUT2D eigenvalue weighted by Crippen LogP contribution is -1.98. The summed E-state index contributed by atoms with van der Waals surface area (Å²) in [5, 5.41) is 0. The average molecular weight is 162 g/mol. The molecule has 0 aliphatic rings. The average Bonchev–Trinajstić information content (AvgIpc) is 2.08. The third-order valence-electron chi connectivity index (χ3n) is 2.03. The molecule has 0 saturated carbocycles. The summed E-state index contributed by atoms with van der Waals surface area (Å²) in [5.41, 5.74) is 3.42. The summed E-state index contributed by atoms with van der Waals surface area (Å²) in [5.74, 6) is 0. The Bertz CT molecular complexity index is 279. The monoisotopic (exact) mass is 162 g/mol. The smallest absolute Gasteiger partial charge is 0.115 e. The van der Waals surface area contributed by atoms with Gasteiger partial charge >= 0.3 is 0 Å². The summed E-state index contributed by atoms with van der Waals surface area (Å²) in [6.07, 6.45) is 5.49. The van der Waals surface area contributed by atoms with Crippen molar-refractivity contribution in [1.29, 1.82) is 0 Å². The second-order valence-electron chi connectivity index (χ2n) is 2.86. The van der Waals surface area contributed by atoms with Gasteiger partial charge in [-0.25, -0.2) is 9.97 Å². The molecule has 0 aromatic carbocycles. The molecule has 0 N–H and O–H groups in total. The zero-order chi connectivity index (χ0) is 8.97. The standard InChI is InChI=1S/C10H14N2/c1-4-5-6-10-8(2)9(3)11-7-12-10/h4,7H,1,5-6H2,2-3H3. The van der Waals surface area contributed by atoms with Crippen LogP contribution in [0.15, 0.2) is 19.0 Å². The number of aryl methyl sites for hydroxylation is 2. The summed E-state index contributed by atoms with van der Waals surface area (Å²) >= 11 is 0. The molecule has 1 heterocycles. The maximum Gasteiger partial charge on any atom is 0.115 e. The molecule has 0 fully saturated rings. The topological polar surface area (TPSA) is 25.8 Å². The Morgan fingerprint density at radius 1 is 1.42 bits per heavy atom. The van der Waals surface area contributed by atoms with Gasteiger partial charge in [0.05, 0.1) is 0 Å². The van der Waals surface area contributed by atoms with Gasteiger partial charge in [0.1, 0.15) is 6.33 Å². The molecular formula is C10H14N2. The normalized spacial score (nSPS) is 9.83. The molecule has 0 aliphatic carbocycles. The Balaban J connectivity index is 2.84. The molecule has 0 radical (unpaired) electrons. The zero-order valence-corrected chi connectivity index (χ0v) is 7.67. The molecule has 0 aliphatic heterocycles. The number of nitrogens with zero attached hydrogens (tertiary/aromatic N) is 2. The highest BCUT2D eigenvalue weighted by Gasteiger charge is 2.01. The molecule has 0 amide bonds. The van der Waals surface area contributed by atoms with E-state index in [9.17, 15) is 0 Å².